The van der Waals surface area contributed by atoms with E-state index in [1.165, 1.54) is 10.8 Å². The summed E-state index contributed by atoms with van der Waals surface area (Å²) in [5.74, 6) is 0. The molecule has 0 N–H and O–H groups in total. The predicted octanol–water partition coefficient (Wildman–Crippen LogP) is 3.44. The van der Waals surface area contributed by atoms with Crippen molar-refractivity contribution in [2.24, 2.45) is 0 Å². The SMILES string of the molecule is [B]c1ccc2c(ccc3cc(Cl)ccc32)c1. The Morgan fingerprint density at radius 3 is 2.12 bits per heavy atom. The minimum absolute atomic E-state index is 0.766. The van der Waals surface area contributed by atoms with E-state index >= 15 is 0 Å². The lowest BCUT2D eigenvalue weighted by Gasteiger charge is -2.05. The topological polar surface area (TPSA) is 0 Å². The first-order valence-electron chi connectivity index (χ1n) is 5.11. The summed E-state index contributed by atoms with van der Waals surface area (Å²) in [6.45, 7) is 0. The van der Waals surface area contributed by atoms with Crippen LogP contribution in [0.1, 0.15) is 0 Å². The van der Waals surface area contributed by atoms with E-state index in [2.05, 4.69) is 24.3 Å². The first kappa shape index (κ1) is 9.74. The van der Waals surface area contributed by atoms with Gasteiger partial charge in [0, 0.05) is 5.02 Å². The lowest BCUT2D eigenvalue weighted by molar-refractivity contribution is 1.78. The number of hydrogen-bond donors (Lipinski definition) is 0. The first-order valence-corrected chi connectivity index (χ1v) is 5.49. The number of benzene rings is 3. The third-order valence-electron chi connectivity index (χ3n) is 2.82. The number of hydrogen-bond acceptors (Lipinski definition) is 0. The molecule has 2 radical (unpaired) electrons. The number of rotatable bonds is 0. The average Bonchev–Trinajstić information content (AvgIpc) is 2.28. The Hall–Kier alpha value is -1.47. The highest BCUT2D eigenvalue weighted by molar-refractivity contribution is 6.34. The van der Waals surface area contributed by atoms with Crippen LogP contribution in [0.3, 0.4) is 0 Å². The molecule has 0 nitrogen and oxygen atoms in total. The van der Waals surface area contributed by atoms with E-state index in [0.717, 1.165) is 21.3 Å². The van der Waals surface area contributed by atoms with Crippen LogP contribution in [0.2, 0.25) is 5.02 Å². The summed E-state index contributed by atoms with van der Waals surface area (Å²) >= 11 is 5.98. The quantitative estimate of drug-likeness (QED) is 0.404. The van der Waals surface area contributed by atoms with E-state index in [0.29, 0.717) is 0 Å². The van der Waals surface area contributed by atoms with Gasteiger partial charge in [0.25, 0.3) is 0 Å². The monoisotopic (exact) mass is 222 g/mol. The van der Waals surface area contributed by atoms with E-state index in [1.807, 2.05) is 24.3 Å². The van der Waals surface area contributed by atoms with Gasteiger partial charge in [-0.2, -0.15) is 0 Å². The molecule has 0 amide bonds. The zero-order valence-corrected chi connectivity index (χ0v) is 9.33. The van der Waals surface area contributed by atoms with E-state index in [1.54, 1.807) is 0 Å². The van der Waals surface area contributed by atoms with Gasteiger partial charge in [0.2, 0.25) is 0 Å². The maximum Gasteiger partial charge on any atom is 0.113 e. The van der Waals surface area contributed by atoms with Gasteiger partial charge in [-0.05, 0) is 33.7 Å². The van der Waals surface area contributed by atoms with Crippen LogP contribution < -0.4 is 5.46 Å². The summed E-state index contributed by atoms with van der Waals surface area (Å²) in [7, 11) is 5.77. The maximum atomic E-state index is 5.98. The molecule has 0 aliphatic rings. The van der Waals surface area contributed by atoms with Crippen LogP contribution >= 0.6 is 11.6 Å². The van der Waals surface area contributed by atoms with E-state index in [9.17, 15) is 0 Å². The van der Waals surface area contributed by atoms with Gasteiger partial charge in [-0.1, -0.05) is 53.5 Å². The Balaban J connectivity index is 2.50. The maximum absolute atomic E-state index is 5.98. The predicted molar refractivity (Wildman–Crippen MR) is 71.9 cm³/mol. The summed E-state index contributed by atoms with van der Waals surface area (Å²) in [5.41, 5.74) is 0.792. The Morgan fingerprint density at radius 1 is 0.750 bits per heavy atom. The summed E-state index contributed by atoms with van der Waals surface area (Å²) < 4.78 is 0. The molecule has 2 heteroatoms. The highest BCUT2D eigenvalue weighted by Crippen LogP contribution is 2.26. The van der Waals surface area contributed by atoms with E-state index in [4.69, 9.17) is 19.4 Å². The third kappa shape index (κ3) is 1.48. The van der Waals surface area contributed by atoms with Crippen molar-refractivity contribution in [1.82, 2.24) is 0 Å². The molecule has 0 unspecified atom stereocenters. The fraction of sp³-hybridized carbons (Fsp3) is 0. The minimum Gasteiger partial charge on any atom is -0.0960 e. The van der Waals surface area contributed by atoms with Crippen LogP contribution in [0.25, 0.3) is 21.5 Å². The molecule has 74 valence electrons. The van der Waals surface area contributed by atoms with Gasteiger partial charge in [0.1, 0.15) is 7.85 Å². The molecule has 3 aromatic carbocycles. The third-order valence-corrected chi connectivity index (χ3v) is 3.06. The molecule has 0 fully saturated rings. The molecule has 16 heavy (non-hydrogen) atoms. The van der Waals surface area contributed by atoms with Crippen LogP contribution in [-0.4, -0.2) is 7.85 Å². The van der Waals surface area contributed by atoms with Crippen molar-refractivity contribution in [2.45, 2.75) is 0 Å². The number of halogens is 1. The van der Waals surface area contributed by atoms with Gasteiger partial charge < -0.3 is 0 Å². The van der Waals surface area contributed by atoms with Gasteiger partial charge in [-0.3, -0.25) is 0 Å². The molecule has 0 heterocycles. The second kappa shape index (κ2) is 3.53. The van der Waals surface area contributed by atoms with Gasteiger partial charge >= 0.3 is 0 Å². The minimum atomic E-state index is 0.766. The molecule has 0 aliphatic heterocycles. The lowest BCUT2D eigenvalue weighted by atomic mass is 9.92. The van der Waals surface area contributed by atoms with Gasteiger partial charge in [0.15, 0.2) is 0 Å². The highest BCUT2D eigenvalue weighted by atomic mass is 35.5. The Labute approximate surface area is 100 Å². The Kier molecular flexibility index (Phi) is 2.15. The molecular weight excluding hydrogens is 214 g/mol. The summed E-state index contributed by atoms with van der Waals surface area (Å²) in [5, 5.41) is 5.51. The molecule has 0 aliphatic carbocycles. The summed E-state index contributed by atoms with van der Waals surface area (Å²) in [4.78, 5) is 0. The van der Waals surface area contributed by atoms with E-state index < -0.39 is 0 Å². The summed E-state index contributed by atoms with van der Waals surface area (Å²) in [6, 6.07) is 16.1. The zero-order chi connectivity index (χ0) is 11.1. The van der Waals surface area contributed by atoms with Crippen LogP contribution in [0.4, 0.5) is 0 Å². The first-order chi connectivity index (χ1) is 7.74. The van der Waals surface area contributed by atoms with Crippen molar-refractivity contribution in [3.63, 3.8) is 0 Å². The second-order valence-corrected chi connectivity index (χ2v) is 4.35. The van der Waals surface area contributed by atoms with Gasteiger partial charge in [-0.25, -0.2) is 0 Å². The van der Waals surface area contributed by atoms with Crippen LogP contribution in [-0.2, 0) is 0 Å². The normalized spacial score (nSPS) is 11.1. The van der Waals surface area contributed by atoms with Crippen molar-refractivity contribution in [1.29, 1.82) is 0 Å². The standard InChI is InChI=1S/C14H8BCl/c15-11-3-5-13-9(7-11)1-2-10-8-12(16)4-6-14(10)13/h1-8H. The molecule has 3 rings (SSSR count). The van der Waals surface area contributed by atoms with Crippen LogP contribution in [0, 0.1) is 0 Å². The fourth-order valence-electron chi connectivity index (χ4n) is 2.06. The van der Waals surface area contributed by atoms with Crippen molar-refractivity contribution >= 4 is 46.5 Å². The fourth-order valence-corrected chi connectivity index (χ4v) is 2.24. The lowest BCUT2D eigenvalue weighted by Crippen LogP contribution is -1.99. The zero-order valence-electron chi connectivity index (χ0n) is 8.57. The molecule has 0 saturated heterocycles. The van der Waals surface area contributed by atoms with Gasteiger partial charge in [-0.15, -0.1) is 0 Å². The largest absolute Gasteiger partial charge is 0.113 e. The summed E-state index contributed by atoms with van der Waals surface area (Å²) in [6.07, 6.45) is 0. The smallest absolute Gasteiger partial charge is 0.0960 e. The molecule has 0 spiro atoms. The van der Waals surface area contributed by atoms with Gasteiger partial charge in [0.05, 0.1) is 0 Å². The van der Waals surface area contributed by atoms with Crippen molar-refractivity contribution in [3.05, 3.63) is 53.6 Å². The van der Waals surface area contributed by atoms with Crippen molar-refractivity contribution < 1.29 is 0 Å². The molecule has 0 aromatic heterocycles. The highest BCUT2D eigenvalue weighted by Gasteiger charge is 2.00. The van der Waals surface area contributed by atoms with Crippen molar-refractivity contribution in [3.8, 4) is 0 Å². The average molecular weight is 222 g/mol. The second-order valence-electron chi connectivity index (χ2n) is 3.91. The molecular formula is C14H8BCl. The molecule has 0 saturated carbocycles. The van der Waals surface area contributed by atoms with Crippen LogP contribution in [0.5, 0.6) is 0 Å². The number of fused-ring (bicyclic) bond motifs is 3. The molecule has 3 aromatic rings. The van der Waals surface area contributed by atoms with Crippen LogP contribution in [0.15, 0.2) is 48.5 Å². The van der Waals surface area contributed by atoms with Crippen molar-refractivity contribution in [2.75, 3.05) is 0 Å². The van der Waals surface area contributed by atoms with E-state index in [-0.39, 0.29) is 0 Å². The molecule has 0 atom stereocenters. The Bertz CT molecular complexity index is 628. The molecule has 0 bridgehead atoms. The Morgan fingerprint density at radius 2 is 1.38 bits per heavy atom.